The van der Waals surface area contributed by atoms with Gasteiger partial charge in [0.2, 0.25) is 0 Å². The summed E-state index contributed by atoms with van der Waals surface area (Å²) in [6, 6.07) is 0. The predicted molar refractivity (Wildman–Crippen MR) is 77.4 cm³/mol. The molecule has 0 aromatic rings. The van der Waals surface area contributed by atoms with Crippen molar-refractivity contribution < 1.29 is 52.0 Å². The molecule has 0 fully saturated rings. The number of hydrogen-bond acceptors (Lipinski definition) is 8. The van der Waals surface area contributed by atoms with Gasteiger partial charge in [0.15, 0.2) is 4.49 Å². The van der Waals surface area contributed by atoms with Crippen LogP contribution < -0.4 is 0 Å². The summed E-state index contributed by atoms with van der Waals surface area (Å²) in [5, 5.41) is 8.45. The normalized spacial score (nSPS) is 14.2. The molecule has 0 aromatic carbocycles. The van der Waals surface area contributed by atoms with Gasteiger partial charge in [0, 0.05) is 0 Å². The first kappa shape index (κ1) is 23.1. The van der Waals surface area contributed by atoms with Crippen LogP contribution in [0.15, 0.2) is 10.4 Å². The average molecular weight is 421 g/mol. The second-order valence-corrected chi connectivity index (χ2v) is 7.18. The van der Waals surface area contributed by atoms with Crippen LogP contribution in [0.2, 0.25) is 0 Å². The third kappa shape index (κ3) is 14.2. The summed E-state index contributed by atoms with van der Waals surface area (Å²) in [6.45, 7) is 0.268. The minimum atomic E-state index is -5.28. The standard InChI is InChI=1S/C8H16Cl2O11P2/c9-7(10)8(20-23(15,16)21-22(12,13)14)19-6-5-18-4-3-17-2-1-11/h11H,1-6H2,(H,15,16)(H2,12,13,14). The molecule has 0 rings (SSSR count). The van der Waals surface area contributed by atoms with Gasteiger partial charge in [-0.2, -0.15) is 4.31 Å². The van der Waals surface area contributed by atoms with Gasteiger partial charge in [-0.1, -0.05) is 23.2 Å². The van der Waals surface area contributed by atoms with Crippen LogP contribution in [-0.2, 0) is 32.2 Å². The number of hydrogen-bond donors (Lipinski definition) is 4. The molecule has 11 nitrogen and oxygen atoms in total. The van der Waals surface area contributed by atoms with E-state index in [9.17, 15) is 9.13 Å². The van der Waals surface area contributed by atoms with Crippen LogP contribution in [0.4, 0.5) is 0 Å². The first-order chi connectivity index (χ1) is 10.6. The van der Waals surface area contributed by atoms with Gasteiger partial charge in [0.1, 0.15) is 6.61 Å². The molecule has 0 aliphatic heterocycles. The third-order valence-corrected chi connectivity index (χ3v) is 4.01. The molecule has 0 aromatic heterocycles. The van der Waals surface area contributed by atoms with Crippen molar-refractivity contribution in [2.75, 3.05) is 39.6 Å². The van der Waals surface area contributed by atoms with E-state index in [-0.39, 0.29) is 39.6 Å². The van der Waals surface area contributed by atoms with Gasteiger partial charge in [0.05, 0.1) is 33.0 Å². The predicted octanol–water partition coefficient (Wildman–Crippen LogP) is 0.859. The van der Waals surface area contributed by atoms with Gasteiger partial charge >= 0.3 is 21.6 Å². The summed E-state index contributed by atoms with van der Waals surface area (Å²) in [5.41, 5.74) is 0. The molecule has 0 saturated heterocycles. The highest BCUT2D eigenvalue weighted by atomic mass is 35.5. The van der Waals surface area contributed by atoms with Gasteiger partial charge in [-0.3, -0.25) is 4.89 Å². The van der Waals surface area contributed by atoms with Crippen LogP contribution in [0.5, 0.6) is 0 Å². The van der Waals surface area contributed by atoms with Crippen LogP contribution in [0.25, 0.3) is 0 Å². The zero-order chi connectivity index (χ0) is 17.9. The van der Waals surface area contributed by atoms with Crippen molar-refractivity contribution in [2.45, 2.75) is 0 Å². The molecule has 0 aliphatic carbocycles. The maximum Gasteiger partial charge on any atom is 0.538 e. The Morgan fingerprint density at radius 3 is 1.91 bits per heavy atom. The number of rotatable bonds is 13. The van der Waals surface area contributed by atoms with E-state index in [0.717, 1.165) is 0 Å². The Morgan fingerprint density at radius 1 is 0.913 bits per heavy atom. The lowest BCUT2D eigenvalue weighted by atomic mass is 10.7. The molecule has 0 radical (unpaired) electrons. The minimum Gasteiger partial charge on any atom is -0.461 e. The Bertz CT molecular complexity index is 461. The maximum atomic E-state index is 11.3. The monoisotopic (exact) mass is 420 g/mol. The maximum absolute atomic E-state index is 11.3. The second-order valence-electron chi connectivity index (χ2n) is 3.48. The Balaban J connectivity index is 4.18. The van der Waals surface area contributed by atoms with E-state index >= 15 is 0 Å². The number of phosphoric ester groups is 1. The summed E-state index contributed by atoms with van der Waals surface area (Å²) in [7, 11) is -10.5. The second kappa shape index (κ2) is 11.6. The van der Waals surface area contributed by atoms with Crippen LogP contribution in [0.3, 0.4) is 0 Å². The molecule has 0 aliphatic rings. The Kier molecular flexibility index (Phi) is 11.7. The molecule has 1 atom stereocenters. The molecule has 15 heteroatoms. The number of aliphatic hydroxyl groups excluding tert-OH is 1. The molecular weight excluding hydrogens is 405 g/mol. The molecule has 4 N–H and O–H groups in total. The topological polar surface area (TPSA) is 161 Å². The molecular formula is C8H16Cl2O11P2. The van der Waals surface area contributed by atoms with Crippen molar-refractivity contribution in [3.63, 3.8) is 0 Å². The third-order valence-electron chi connectivity index (χ3n) is 1.63. The smallest absolute Gasteiger partial charge is 0.461 e. The fraction of sp³-hybridized carbons (Fsp3) is 0.750. The summed E-state index contributed by atoms with van der Waals surface area (Å²) < 4.78 is 43.6. The fourth-order valence-electron chi connectivity index (χ4n) is 0.951. The number of ether oxygens (including phenoxy) is 3. The summed E-state index contributed by atoms with van der Waals surface area (Å²) in [4.78, 5) is 26.0. The zero-order valence-electron chi connectivity index (χ0n) is 11.5. The van der Waals surface area contributed by atoms with Gasteiger partial charge in [-0.25, -0.2) is 9.13 Å². The van der Waals surface area contributed by atoms with E-state index in [2.05, 4.69) is 8.83 Å². The molecule has 0 heterocycles. The van der Waals surface area contributed by atoms with E-state index in [1.54, 1.807) is 0 Å². The van der Waals surface area contributed by atoms with Crippen LogP contribution >= 0.6 is 38.8 Å². The van der Waals surface area contributed by atoms with Gasteiger partial charge in [-0.15, -0.1) is 0 Å². The number of phosphoric acid groups is 2. The zero-order valence-corrected chi connectivity index (χ0v) is 14.8. The Hall–Kier alpha value is 0.1000. The van der Waals surface area contributed by atoms with Gasteiger partial charge < -0.3 is 33.6 Å². The van der Waals surface area contributed by atoms with Crippen molar-refractivity contribution in [1.82, 2.24) is 0 Å². The highest BCUT2D eigenvalue weighted by molar-refractivity contribution is 7.60. The molecule has 138 valence electrons. The fourth-order valence-corrected chi connectivity index (χ4v) is 2.81. The summed E-state index contributed by atoms with van der Waals surface area (Å²) >= 11 is 10.7. The van der Waals surface area contributed by atoms with Crippen molar-refractivity contribution in [1.29, 1.82) is 0 Å². The van der Waals surface area contributed by atoms with Crippen LogP contribution in [0, 0.1) is 0 Å². The van der Waals surface area contributed by atoms with E-state index in [1.165, 1.54) is 0 Å². The van der Waals surface area contributed by atoms with E-state index in [1.807, 2.05) is 0 Å². The number of halogens is 2. The largest absolute Gasteiger partial charge is 0.538 e. The first-order valence-electron chi connectivity index (χ1n) is 5.81. The minimum absolute atomic E-state index is 0.00845. The van der Waals surface area contributed by atoms with Crippen molar-refractivity contribution in [2.24, 2.45) is 0 Å². The Morgan fingerprint density at radius 2 is 1.43 bits per heavy atom. The highest BCUT2D eigenvalue weighted by Gasteiger charge is 2.35. The van der Waals surface area contributed by atoms with Crippen molar-refractivity contribution in [3.05, 3.63) is 10.4 Å². The molecule has 1 unspecified atom stereocenters. The molecule has 0 spiro atoms. The van der Waals surface area contributed by atoms with Crippen molar-refractivity contribution >= 4 is 38.8 Å². The lowest BCUT2D eigenvalue weighted by Crippen LogP contribution is -2.11. The van der Waals surface area contributed by atoms with Crippen LogP contribution in [-0.4, -0.2) is 59.4 Å². The molecule has 0 amide bonds. The summed E-state index contributed by atoms with van der Waals surface area (Å²) in [5.74, 6) is -0.868. The molecule has 23 heavy (non-hydrogen) atoms. The lowest BCUT2D eigenvalue weighted by Gasteiger charge is -2.16. The van der Waals surface area contributed by atoms with Gasteiger partial charge in [0.25, 0.3) is 0 Å². The van der Waals surface area contributed by atoms with E-state index in [4.69, 9.17) is 57.2 Å². The summed E-state index contributed by atoms with van der Waals surface area (Å²) in [6.07, 6.45) is 0. The van der Waals surface area contributed by atoms with Gasteiger partial charge in [-0.05, 0) is 0 Å². The molecule has 0 bridgehead atoms. The average Bonchev–Trinajstić information content (AvgIpc) is 2.37. The number of aliphatic hydroxyl groups is 1. The van der Waals surface area contributed by atoms with E-state index < -0.39 is 26.1 Å². The van der Waals surface area contributed by atoms with E-state index in [0.29, 0.717) is 0 Å². The Labute approximate surface area is 141 Å². The highest BCUT2D eigenvalue weighted by Crippen LogP contribution is 2.59. The van der Waals surface area contributed by atoms with Crippen molar-refractivity contribution in [3.8, 4) is 0 Å². The molecule has 0 saturated carbocycles. The quantitative estimate of drug-likeness (QED) is 0.190. The first-order valence-corrected chi connectivity index (χ1v) is 9.59. The SMILES string of the molecule is O=P(O)(O)OP(=O)(O)OC(OCCOCCOCCO)=C(Cl)Cl. The lowest BCUT2D eigenvalue weighted by molar-refractivity contribution is 0.00347. The van der Waals surface area contributed by atoms with Crippen LogP contribution in [0.1, 0.15) is 0 Å².